The van der Waals surface area contributed by atoms with Crippen molar-refractivity contribution < 1.29 is 27.2 Å². The molecule has 2 amide bonds. The maximum absolute atomic E-state index is 13.7. The van der Waals surface area contributed by atoms with Crippen molar-refractivity contribution in [1.82, 2.24) is 4.90 Å². The van der Waals surface area contributed by atoms with Gasteiger partial charge >= 0.3 is 6.18 Å². The zero-order valence-corrected chi connectivity index (χ0v) is 14.8. The molecule has 1 aliphatic heterocycles. The number of benzene rings is 2. The summed E-state index contributed by atoms with van der Waals surface area (Å²) in [6, 6.07) is 10.9. The van der Waals surface area contributed by atoms with Crippen molar-refractivity contribution in [2.24, 2.45) is 5.92 Å². The summed E-state index contributed by atoms with van der Waals surface area (Å²) in [7, 11) is 0. The van der Waals surface area contributed by atoms with Crippen LogP contribution in [0.15, 0.2) is 48.5 Å². The number of alkyl halides is 3. The standard InChI is InChI=1S/C20H18F4N2O2/c21-16-7-3-1-5-13(16)9-10-26-12-14(11-18(26)27)19(28)25-17-8-4-2-6-15(17)20(22,23)24/h1-8,14H,9-12H2,(H,25,28). The Hall–Kier alpha value is -2.90. The van der Waals surface area contributed by atoms with Gasteiger partial charge in [-0.3, -0.25) is 9.59 Å². The lowest BCUT2D eigenvalue weighted by Crippen LogP contribution is -2.30. The predicted octanol–water partition coefficient (Wildman–Crippen LogP) is 3.87. The molecule has 3 rings (SSSR count). The summed E-state index contributed by atoms with van der Waals surface area (Å²) in [5.41, 5.74) is -0.816. The third-order valence-electron chi connectivity index (χ3n) is 4.68. The zero-order chi connectivity index (χ0) is 20.3. The molecule has 0 bridgehead atoms. The zero-order valence-electron chi connectivity index (χ0n) is 14.8. The number of hydrogen-bond acceptors (Lipinski definition) is 2. The fourth-order valence-corrected chi connectivity index (χ4v) is 3.19. The first-order valence-electron chi connectivity index (χ1n) is 8.74. The fraction of sp³-hybridized carbons (Fsp3) is 0.300. The first-order chi connectivity index (χ1) is 13.3. The number of rotatable bonds is 5. The molecule has 0 aliphatic carbocycles. The van der Waals surface area contributed by atoms with Crippen LogP contribution >= 0.6 is 0 Å². The Balaban J connectivity index is 1.62. The summed E-state index contributed by atoms with van der Waals surface area (Å²) in [5.74, 6) is -2.04. The van der Waals surface area contributed by atoms with Crippen LogP contribution in [-0.4, -0.2) is 29.8 Å². The number of nitrogens with zero attached hydrogens (tertiary/aromatic N) is 1. The molecular weight excluding hydrogens is 376 g/mol. The molecule has 0 saturated carbocycles. The van der Waals surface area contributed by atoms with Crippen molar-refractivity contribution in [3.63, 3.8) is 0 Å². The molecule has 148 valence electrons. The third kappa shape index (κ3) is 4.49. The molecule has 0 spiro atoms. The number of hydrogen-bond donors (Lipinski definition) is 1. The summed E-state index contributed by atoms with van der Waals surface area (Å²) < 4.78 is 52.8. The molecule has 1 atom stereocenters. The van der Waals surface area contributed by atoms with Crippen LogP contribution in [0.5, 0.6) is 0 Å². The fourth-order valence-electron chi connectivity index (χ4n) is 3.19. The van der Waals surface area contributed by atoms with E-state index < -0.39 is 23.6 Å². The van der Waals surface area contributed by atoms with E-state index >= 15 is 0 Å². The minimum Gasteiger partial charge on any atom is -0.342 e. The highest BCUT2D eigenvalue weighted by atomic mass is 19.4. The molecule has 0 radical (unpaired) electrons. The van der Waals surface area contributed by atoms with Crippen LogP contribution in [-0.2, 0) is 22.2 Å². The van der Waals surface area contributed by atoms with Crippen LogP contribution in [0.2, 0.25) is 0 Å². The van der Waals surface area contributed by atoms with Crippen molar-refractivity contribution in [1.29, 1.82) is 0 Å². The molecular formula is C20H18F4N2O2. The van der Waals surface area contributed by atoms with Gasteiger partial charge in [-0.15, -0.1) is 0 Å². The van der Waals surface area contributed by atoms with Gasteiger partial charge in [0.1, 0.15) is 5.82 Å². The van der Waals surface area contributed by atoms with E-state index in [1.807, 2.05) is 0 Å². The Bertz CT molecular complexity index is 883. The van der Waals surface area contributed by atoms with Crippen LogP contribution in [0.3, 0.4) is 0 Å². The summed E-state index contributed by atoms with van der Waals surface area (Å²) in [6.45, 7) is 0.329. The average Bonchev–Trinajstić information content (AvgIpc) is 3.01. The Labute approximate surface area is 159 Å². The number of likely N-dealkylation sites (tertiary alicyclic amines) is 1. The summed E-state index contributed by atoms with van der Waals surface area (Å²) in [5, 5.41) is 2.29. The Kier molecular flexibility index (Phi) is 5.67. The molecule has 1 N–H and O–H groups in total. The van der Waals surface area contributed by atoms with Gasteiger partial charge in [-0.05, 0) is 30.2 Å². The number of carbonyl (C=O) groups excluding carboxylic acids is 2. The van der Waals surface area contributed by atoms with E-state index in [0.717, 1.165) is 6.07 Å². The SMILES string of the molecule is O=C(Nc1ccccc1C(F)(F)F)C1CC(=O)N(CCc2ccccc2F)C1. The average molecular weight is 394 g/mol. The first kappa shape index (κ1) is 19.9. The quantitative estimate of drug-likeness (QED) is 0.783. The van der Waals surface area contributed by atoms with E-state index in [-0.39, 0.29) is 36.9 Å². The van der Waals surface area contributed by atoms with E-state index in [0.29, 0.717) is 12.0 Å². The highest BCUT2D eigenvalue weighted by Crippen LogP contribution is 2.35. The molecule has 1 unspecified atom stereocenters. The largest absolute Gasteiger partial charge is 0.418 e. The van der Waals surface area contributed by atoms with Crippen LogP contribution in [0.25, 0.3) is 0 Å². The van der Waals surface area contributed by atoms with Gasteiger partial charge < -0.3 is 10.2 Å². The maximum Gasteiger partial charge on any atom is 0.418 e. The van der Waals surface area contributed by atoms with Crippen LogP contribution in [0.1, 0.15) is 17.5 Å². The van der Waals surface area contributed by atoms with Crippen molar-refractivity contribution in [2.45, 2.75) is 19.0 Å². The van der Waals surface area contributed by atoms with Gasteiger partial charge in [0.15, 0.2) is 0 Å². The number of halogens is 4. The van der Waals surface area contributed by atoms with Crippen molar-refractivity contribution in [3.05, 3.63) is 65.5 Å². The predicted molar refractivity (Wildman–Crippen MR) is 94.9 cm³/mol. The smallest absolute Gasteiger partial charge is 0.342 e. The van der Waals surface area contributed by atoms with Crippen LogP contribution < -0.4 is 5.32 Å². The van der Waals surface area contributed by atoms with Crippen LogP contribution in [0, 0.1) is 11.7 Å². The van der Waals surface area contributed by atoms with Gasteiger partial charge in [-0.2, -0.15) is 13.2 Å². The van der Waals surface area contributed by atoms with Gasteiger partial charge in [0, 0.05) is 19.5 Å². The van der Waals surface area contributed by atoms with E-state index in [4.69, 9.17) is 0 Å². The second-order valence-electron chi connectivity index (χ2n) is 6.61. The molecule has 0 aromatic heterocycles. The molecule has 2 aromatic carbocycles. The molecule has 8 heteroatoms. The summed E-state index contributed by atoms with van der Waals surface area (Å²) in [4.78, 5) is 26.0. The van der Waals surface area contributed by atoms with Gasteiger partial charge in [-0.25, -0.2) is 4.39 Å². The lowest BCUT2D eigenvalue weighted by Gasteiger charge is -2.18. The van der Waals surface area contributed by atoms with Gasteiger partial charge in [0.05, 0.1) is 17.2 Å². The van der Waals surface area contributed by atoms with E-state index in [2.05, 4.69) is 5.32 Å². The number of anilines is 1. The van der Waals surface area contributed by atoms with Gasteiger partial charge in [0.25, 0.3) is 0 Å². The summed E-state index contributed by atoms with van der Waals surface area (Å²) in [6.07, 6.45) is -4.39. The minimum atomic E-state index is -4.60. The molecule has 4 nitrogen and oxygen atoms in total. The number of carbonyl (C=O) groups is 2. The Morgan fingerprint density at radius 2 is 1.79 bits per heavy atom. The second-order valence-corrected chi connectivity index (χ2v) is 6.61. The molecule has 1 heterocycles. The maximum atomic E-state index is 13.7. The third-order valence-corrected chi connectivity index (χ3v) is 4.68. The normalized spacial score (nSPS) is 17.1. The van der Waals surface area contributed by atoms with E-state index in [1.165, 1.54) is 29.2 Å². The van der Waals surface area contributed by atoms with E-state index in [1.54, 1.807) is 18.2 Å². The van der Waals surface area contributed by atoms with Crippen molar-refractivity contribution in [3.8, 4) is 0 Å². The Morgan fingerprint density at radius 1 is 1.11 bits per heavy atom. The number of amides is 2. The molecule has 28 heavy (non-hydrogen) atoms. The van der Waals surface area contributed by atoms with Crippen molar-refractivity contribution >= 4 is 17.5 Å². The van der Waals surface area contributed by atoms with Crippen molar-refractivity contribution in [2.75, 3.05) is 18.4 Å². The monoisotopic (exact) mass is 394 g/mol. The number of nitrogens with one attached hydrogen (secondary N) is 1. The molecule has 1 saturated heterocycles. The van der Waals surface area contributed by atoms with Gasteiger partial charge in [-0.1, -0.05) is 30.3 Å². The second kappa shape index (κ2) is 8.00. The highest BCUT2D eigenvalue weighted by molar-refractivity contribution is 5.97. The minimum absolute atomic E-state index is 0.0860. The summed E-state index contributed by atoms with van der Waals surface area (Å²) >= 11 is 0. The topological polar surface area (TPSA) is 49.4 Å². The molecule has 2 aromatic rings. The van der Waals surface area contributed by atoms with Gasteiger partial charge in [0.2, 0.25) is 11.8 Å². The highest BCUT2D eigenvalue weighted by Gasteiger charge is 2.37. The van der Waals surface area contributed by atoms with E-state index in [9.17, 15) is 27.2 Å². The lowest BCUT2D eigenvalue weighted by atomic mass is 10.1. The van der Waals surface area contributed by atoms with Crippen LogP contribution in [0.4, 0.5) is 23.2 Å². The molecule has 1 fully saturated rings. The first-order valence-corrected chi connectivity index (χ1v) is 8.74. The Morgan fingerprint density at radius 3 is 2.50 bits per heavy atom. The lowest BCUT2D eigenvalue weighted by molar-refractivity contribution is -0.137. The number of para-hydroxylation sites is 1. The molecule has 1 aliphatic rings.